The van der Waals surface area contributed by atoms with Crippen molar-refractivity contribution in [1.29, 1.82) is 0 Å². The normalized spacial score (nSPS) is 23.7. The third-order valence-electron chi connectivity index (χ3n) is 4.23. The summed E-state index contributed by atoms with van der Waals surface area (Å²) >= 11 is 0. The van der Waals surface area contributed by atoms with Crippen LogP contribution >= 0.6 is 0 Å². The van der Waals surface area contributed by atoms with Crippen LogP contribution in [0.25, 0.3) is 0 Å². The second-order valence-corrected chi connectivity index (χ2v) is 5.76. The quantitative estimate of drug-likeness (QED) is 0.457. The fourth-order valence-corrected chi connectivity index (χ4v) is 2.93. The zero-order valence-corrected chi connectivity index (χ0v) is 13.9. The predicted octanol–water partition coefficient (Wildman–Crippen LogP) is -0.240. The van der Waals surface area contributed by atoms with E-state index in [1.165, 1.54) is 6.26 Å². The van der Waals surface area contributed by atoms with Crippen LogP contribution < -0.4 is 5.32 Å². The van der Waals surface area contributed by atoms with Crippen molar-refractivity contribution in [2.75, 3.05) is 32.8 Å². The standard InChI is InChI=1S/C16H20N4O5/c1-2-24-15(23)12-13(11-4-3-9-25-11)17-16(18-14(12)22)20-7-5-19(10-21)6-8-20/h3-4,9-10,12-13H,2,5-8H2,1H3,(H,17,18,22)/t12-,13-/m0/s1. The summed E-state index contributed by atoms with van der Waals surface area (Å²) in [6.07, 6.45) is 2.28. The van der Waals surface area contributed by atoms with Gasteiger partial charge in [0.25, 0.3) is 0 Å². The fourth-order valence-electron chi connectivity index (χ4n) is 2.93. The molecule has 0 unspecified atom stereocenters. The van der Waals surface area contributed by atoms with Crippen molar-refractivity contribution >= 4 is 24.2 Å². The predicted molar refractivity (Wildman–Crippen MR) is 86.4 cm³/mol. The number of hydrogen-bond donors (Lipinski definition) is 1. The monoisotopic (exact) mass is 348 g/mol. The first-order valence-corrected chi connectivity index (χ1v) is 8.17. The number of carbonyl (C=O) groups excluding carboxylic acids is 3. The van der Waals surface area contributed by atoms with E-state index in [4.69, 9.17) is 9.15 Å². The number of nitrogens with one attached hydrogen (secondary N) is 1. The molecule has 1 N–H and O–H groups in total. The van der Waals surface area contributed by atoms with E-state index in [1.807, 2.05) is 4.90 Å². The van der Waals surface area contributed by atoms with Crippen molar-refractivity contribution in [3.63, 3.8) is 0 Å². The third kappa shape index (κ3) is 3.49. The van der Waals surface area contributed by atoms with Crippen molar-refractivity contribution in [2.45, 2.75) is 13.0 Å². The topological polar surface area (TPSA) is 104 Å². The molecule has 1 fully saturated rings. The molecule has 3 rings (SSSR count). The van der Waals surface area contributed by atoms with E-state index < -0.39 is 23.8 Å². The first-order chi connectivity index (χ1) is 12.1. The molecule has 0 aliphatic carbocycles. The highest BCUT2D eigenvalue weighted by atomic mass is 16.5. The second-order valence-electron chi connectivity index (χ2n) is 5.76. The van der Waals surface area contributed by atoms with Crippen LogP contribution in [0.2, 0.25) is 0 Å². The van der Waals surface area contributed by atoms with Crippen LogP contribution in [-0.4, -0.2) is 66.8 Å². The SMILES string of the molecule is CCOC(=O)[C@@H]1C(=O)NC(N2CCN(C=O)CC2)=N[C@H]1c1ccco1. The Kier molecular flexibility index (Phi) is 5.01. The molecule has 0 radical (unpaired) electrons. The Hall–Kier alpha value is -2.84. The Morgan fingerprint density at radius 1 is 1.44 bits per heavy atom. The summed E-state index contributed by atoms with van der Waals surface area (Å²) in [5, 5.41) is 2.69. The highest BCUT2D eigenvalue weighted by Crippen LogP contribution is 2.31. The molecule has 1 saturated heterocycles. The molecule has 25 heavy (non-hydrogen) atoms. The van der Waals surface area contributed by atoms with Crippen LogP contribution in [0.1, 0.15) is 18.7 Å². The molecule has 2 amide bonds. The van der Waals surface area contributed by atoms with Crippen LogP contribution in [-0.2, 0) is 19.1 Å². The summed E-state index contributed by atoms with van der Waals surface area (Å²) in [6, 6.07) is 2.59. The van der Waals surface area contributed by atoms with Crippen molar-refractivity contribution in [1.82, 2.24) is 15.1 Å². The van der Waals surface area contributed by atoms with Gasteiger partial charge in [-0.3, -0.25) is 19.7 Å². The van der Waals surface area contributed by atoms with Gasteiger partial charge in [0.15, 0.2) is 5.92 Å². The summed E-state index contributed by atoms with van der Waals surface area (Å²) in [7, 11) is 0. The van der Waals surface area contributed by atoms with E-state index in [0.29, 0.717) is 37.9 Å². The molecule has 0 bridgehead atoms. The lowest BCUT2D eigenvalue weighted by atomic mass is 9.95. The molecule has 0 aromatic carbocycles. The van der Waals surface area contributed by atoms with E-state index in [0.717, 1.165) is 6.41 Å². The molecule has 134 valence electrons. The Morgan fingerprint density at radius 2 is 2.20 bits per heavy atom. The van der Waals surface area contributed by atoms with Crippen molar-refractivity contribution < 1.29 is 23.5 Å². The van der Waals surface area contributed by atoms with Crippen LogP contribution in [0.5, 0.6) is 0 Å². The average Bonchev–Trinajstić information content (AvgIpc) is 3.16. The zero-order chi connectivity index (χ0) is 17.8. The fraction of sp³-hybridized carbons (Fsp3) is 0.500. The second kappa shape index (κ2) is 7.37. The molecule has 2 aliphatic rings. The molecular formula is C16H20N4O5. The number of piperazine rings is 1. The summed E-state index contributed by atoms with van der Waals surface area (Å²) in [4.78, 5) is 43.7. The number of furan rings is 1. The maximum Gasteiger partial charge on any atom is 0.321 e. The van der Waals surface area contributed by atoms with E-state index in [-0.39, 0.29) is 6.61 Å². The largest absolute Gasteiger partial charge is 0.467 e. The average molecular weight is 348 g/mol. The summed E-state index contributed by atoms with van der Waals surface area (Å²) in [6.45, 7) is 4.05. The van der Waals surface area contributed by atoms with Gasteiger partial charge in [-0.05, 0) is 19.1 Å². The summed E-state index contributed by atoms with van der Waals surface area (Å²) < 4.78 is 10.4. The van der Waals surface area contributed by atoms with Gasteiger partial charge in [-0.1, -0.05) is 0 Å². The number of nitrogens with zero attached hydrogens (tertiary/aromatic N) is 3. The lowest BCUT2D eigenvalue weighted by Gasteiger charge is -2.37. The number of rotatable bonds is 4. The van der Waals surface area contributed by atoms with Gasteiger partial charge in [-0.15, -0.1) is 0 Å². The van der Waals surface area contributed by atoms with Gasteiger partial charge in [0.2, 0.25) is 18.3 Å². The molecule has 9 heteroatoms. The van der Waals surface area contributed by atoms with Gasteiger partial charge in [0.1, 0.15) is 11.8 Å². The molecule has 1 aromatic heterocycles. The minimum Gasteiger partial charge on any atom is -0.467 e. The van der Waals surface area contributed by atoms with Crippen molar-refractivity contribution in [3.05, 3.63) is 24.2 Å². The highest BCUT2D eigenvalue weighted by molar-refractivity contribution is 6.08. The molecule has 2 atom stereocenters. The first-order valence-electron chi connectivity index (χ1n) is 8.17. The first kappa shape index (κ1) is 17.0. The van der Waals surface area contributed by atoms with Gasteiger partial charge < -0.3 is 19.0 Å². The molecule has 9 nitrogen and oxygen atoms in total. The minimum absolute atomic E-state index is 0.178. The van der Waals surface area contributed by atoms with Gasteiger partial charge in [-0.2, -0.15) is 0 Å². The van der Waals surface area contributed by atoms with Crippen LogP contribution in [0.3, 0.4) is 0 Å². The minimum atomic E-state index is -1.09. The Bertz CT molecular complexity index is 664. The number of guanidine groups is 1. The van der Waals surface area contributed by atoms with Gasteiger partial charge in [0.05, 0.1) is 12.9 Å². The maximum absolute atomic E-state index is 12.6. The lowest BCUT2D eigenvalue weighted by Crippen LogP contribution is -2.57. The molecule has 0 spiro atoms. The van der Waals surface area contributed by atoms with Gasteiger partial charge in [0, 0.05) is 26.2 Å². The van der Waals surface area contributed by atoms with E-state index in [2.05, 4.69) is 10.3 Å². The smallest absolute Gasteiger partial charge is 0.321 e. The zero-order valence-electron chi connectivity index (χ0n) is 13.9. The van der Waals surface area contributed by atoms with Gasteiger partial charge in [-0.25, -0.2) is 4.99 Å². The van der Waals surface area contributed by atoms with E-state index >= 15 is 0 Å². The van der Waals surface area contributed by atoms with Gasteiger partial charge >= 0.3 is 5.97 Å². The van der Waals surface area contributed by atoms with Crippen LogP contribution in [0, 0.1) is 5.92 Å². The van der Waals surface area contributed by atoms with Crippen molar-refractivity contribution in [3.8, 4) is 0 Å². The lowest BCUT2D eigenvalue weighted by molar-refractivity contribution is -0.153. The Morgan fingerprint density at radius 3 is 2.80 bits per heavy atom. The number of ether oxygens (including phenoxy) is 1. The third-order valence-corrected chi connectivity index (χ3v) is 4.23. The number of esters is 1. The number of aliphatic imine (C=N–C) groups is 1. The molecule has 3 heterocycles. The maximum atomic E-state index is 12.6. The number of hydrogen-bond acceptors (Lipinski definition) is 7. The number of carbonyl (C=O) groups is 3. The molecule has 1 aromatic rings. The van der Waals surface area contributed by atoms with Crippen LogP contribution in [0.4, 0.5) is 0 Å². The highest BCUT2D eigenvalue weighted by Gasteiger charge is 2.43. The van der Waals surface area contributed by atoms with E-state index in [1.54, 1.807) is 24.0 Å². The number of amides is 2. The Balaban J connectivity index is 1.86. The molecule has 0 saturated carbocycles. The van der Waals surface area contributed by atoms with Crippen molar-refractivity contribution in [2.24, 2.45) is 10.9 Å². The summed E-state index contributed by atoms with van der Waals surface area (Å²) in [5.74, 6) is -1.38. The Labute approximate surface area is 144 Å². The van der Waals surface area contributed by atoms with Crippen LogP contribution in [0.15, 0.2) is 27.8 Å². The summed E-state index contributed by atoms with van der Waals surface area (Å²) in [5.41, 5.74) is 0. The molecule has 2 aliphatic heterocycles. The van der Waals surface area contributed by atoms with E-state index in [9.17, 15) is 14.4 Å². The molecular weight excluding hydrogens is 328 g/mol.